The molecule has 1 atom stereocenters. The predicted molar refractivity (Wildman–Crippen MR) is 95.2 cm³/mol. The van der Waals surface area contributed by atoms with Crippen LogP contribution in [0.15, 0.2) is 24.3 Å². The van der Waals surface area contributed by atoms with E-state index in [-0.39, 0.29) is 12.5 Å². The Morgan fingerprint density at radius 1 is 1.30 bits per heavy atom. The highest BCUT2D eigenvalue weighted by Gasteiger charge is 2.21. The first kappa shape index (κ1) is 16.4. The molecule has 1 saturated heterocycles. The Labute approximate surface area is 140 Å². The molecule has 1 aliphatic heterocycles. The van der Waals surface area contributed by atoms with Gasteiger partial charge in [0.25, 0.3) is 5.91 Å². The Morgan fingerprint density at radius 2 is 2.17 bits per heavy atom. The average molecular weight is 332 g/mol. The van der Waals surface area contributed by atoms with Crippen molar-refractivity contribution in [2.24, 2.45) is 0 Å². The van der Waals surface area contributed by atoms with Gasteiger partial charge in [-0.05, 0) is 42.8 Å². The van der Waals surface area contributed by atoms with E-state index in [2.05, 4.69) is 22.8 Å². The lowest BCUT2D eigenvalue weighted by atomic mass is 9.99. The Morgan fingerprint density at radius 3 is 3.04 bits per heavy atom. The van der Waals surface area contributed by atoms with Gasteiger partial charge in [0.15, 0.2) is 0 Å². The van der Waals surface area contributed by atoms with E-state index in [0.29, 0.717) is 12.6 Å². The van der Waals surface area contributed by atoms with E-state index in [4.69, 9.17) is 5.11 Å². The van der Waals surface area contributed by atoms with Crippen LogP contribution in [0, 0.1) is 0 Å². The number of thiophene rings is 1. The number of aliphatic hydroxyl groups is 1. The van der Waals surface area contributed by atoms with Crippen LogP contribution in [-0.4, -0.2) is 36.8 Å². The van der Waals surface area contributed by atoms with Gasteiger partial charge in [0.05, 0.1) is 11.5 Å². The summed E-state index contributed by atoms with van der Waals surface area (Å²) >= 11 is 1.55. The number of rotatable bonds is 5. The van der Waals surface area contributed by atoms with Crippen molar-refractivity contribution < 1.29 is 9.90 Å². The van der Waals surface area contributed by atoms with Gasteiger partial charge >= 0.3 is 0 Å². The van der Waals surface area contributed by atoms with Crippen LogP contribution in [0.4, 0.5) is 0 Å². The average Bonchev–Trinajstić information content (AvgIpc) is 2.75. The molecule has 3 rings (SSSR count). The van der Waals surface area contributed by atoms with Gasteiger partial charge in [-0.1, -0.05) is 31.0 Å². The molecule has 124 valence electrons. The maximum absolute atomic E-state index is 12.5. The Kier molecular flexibility index (Phi) is 5.65. The molecule has 0 aliphatic carbocycles. The van der Waals surface area contributed by atoms with Gasteiger partial charge in [-0.25, -0.2) is 0 Å². The van der Waals surface area contributed by atoms with E-state index < -0.39 is 0 Å². The minimum absolute atomic E-state index is 0.0316. The van der Waals surface area contributed by atoms with Crippen LogP contribution >= 0.6 is 11.3 Å². The first-order valence-corrected chi connectivity index (χ1v) is 9.24. The maximum Gasteiger partial charge on any atom is 0.261 e. The number of amides is 1. The number of benzene rings is 1. The van der Waals surface area contributed by atoms with E-state index in [1.54, 1.807) is 11.3 Å². The normalized spacial score (nSPS) is 18.7. The van der Waals surface area contributed by atoms with E-state index in [1.165, 1.54) is 31.1 Å². The second kappa shape index (κ2) is 7.90. The fourth-order valence-corrected chi connectivity index (χ4v) is 4.41. The highest BCUT2D eigenvalue weighted by atomic mass is 32.1. The molecule has 0 radical (unpaired) electrons. The Bertz CT molecular complexity index is 660. The molecule has 0 spiro atoms. The lowest BCUT2D eigenvalue weighted by molar-refractivity contribution is 0.0948. The highest BCUT2D eigenvalue weighted by Crippen LogP contribution is 2.33. The monoisotopic (exact) mass is 332 g/mol. The molecular weight excluding hydrogens is 308 g/mol. The molecular formula is C18H24N2O2S. The van der Waals surface area contributed by atoms with Gasteiger partial charge < -0.3 is 15.7 Å². The molecule has 5 heteroatoms. The zero-order valence-electron chi connectivity index (χ0n) is 13.3. The fourth-order valence-electron chi connectivity index (χ4n) is 3.26. The van der Waals surface area contributed by atoms with Crippen LogP contribution in [0.25, 0.3) is 10.1 Å². The molecule has 0 unspecified atom stereocenters. The zero-order valence-corrected chi connectivity index (χ0v) is 14.1. The third kappa shape index (κ3) is 3.91. The van der Waals surface area contributed by atoms with Gasteiger partial charge in [0.1, 0.15) is 0 Å². The topological polar surface area (TPSA) is 61.4 Å². The maximum atomic E-state index is 12.5. The summed E-state index contributed by atoms with van der Waals surface area (Å²) < 4.78 is 1.16. The van der Waals surface area contributed by atoms with E-state index >= 15 is 0 Å². The SMILES string of the molecule is O=C(NCCO)c1sc2ccccc2c1C[C@@H]1CCCCCN1. The number of fused-ring (bicyclic) bond motifs is 1. The van der Waals surface area contributed by atoms with Crippen molar-refractivity contribution in [2.75, 3.05) is 19.7 Å². The number of carbonyl (C=O) groups is 1. The van der Waals surface area contributed by atoms with Crippen molar-refractivity contribution in [3.63, 3.8) is 0 Å². The minimum Gasteiger partial charge on any atom is -0.395 e. The molecule has 1 amide bonds. The van der Waals surface area contributed by atoms with Crippen molar-refractivity contribution in [1.29, 1.82) is 0 Å². The number of aliphatic hydroxyl groups excluding tert-OH is 1. The van der Waals surface area contributed by atoms with E-state index in [1.807, 2.05) is 12.1 Å². The van der Waals surface area contributed by atoms with Crippen molar-refractivity contribution in [2.45, 2.75) is 38.1 Å². The summed E-state index contributed by atoms with van der Waals surface area (Å²) in [7, 11) is 0. The van der Waals surface area contributed by atoms with Gasteiger partial charge in [-0.2, -0.15) is 0 Å². The van der Waals surface area contributed by atoms with E-state index in [9.17, 15) is 4.79 Å². The number of nitrogens with one attached hydrogen (secondary N) is 2. The van der Waals surface area contributed by atoms with Crippen LogP contribution < -0.4 is 10.6 Å². The number of hydrogen-bond acceptors (Lipinski definition) is 4. The quantitative estimate of drug-likeness (QED) is 0.789. The lowest BCUT2D eigenvalue weighted by Crippen LogP contribution is -2.31. The summed E-state index contributed by atoms with van der Waals surface area (Å²) in [6.45, 7) is 1.34. The van der Waals surface area contributed by atoms with Crippen molar-refractivity contribution in [3.8, 4) is 0 Å². The smallest absolute Gasteiger partial charge is 0.261 e. The molecule has 4 nitrogen and oxygen atoms in total. The number of carbonyl (C=O) groups excluding carboxylic acids is 1. The molecule has 0 bridgehead atoms. The Balaban J connectivity index is 1.90. The molecule has 2 heterocycles. The molecule has 0 saturated carbocycles. The summed E-state index contributed by atoms with van der Waals surface area (Å²) in [5, 5.41) is 16.6. The van der Waals surface area contributed by atoms with Gasteiger partial charge in [-0.3, -0.25) is 4.79 Å². The van der Waals surface area contributed by atoms with Crippen molar-refractivity contribution in [1.82, 2.24) is 10.6 Å². The summed E-state index contributed by atoms with van der Waals surface area (Å²) in [6, 6.07) is 8.68. The largest absolute Gasteiger partial charge is 0.395 e. The highest BCUT2D eigenvalue weighted by molar-refractivity contribution is 7.21. The van der Waals surface area contributed by atoms with Crippen LogP contribution in [0.3, 0.4) is 0 Å². The second-order valence-electron chi connectivity index (χ2n) is 6.09. The number of hydrogen-bond donors (Lipinski definition) is 3. The first-order chi connectivity index (χ1) is 11.3. The van der Waals surface area contributed by atoms with E-state index in [0.717, 1.165) is 28.1 Å². The summed E-state index contributed by atoms with van der Waals surface area (Å²) in [5.41, 5.74) is 1.15. The summed E-state index contributed by atoms with van der Waals surface area (Å²) in [6.07, 6.45) is 5.85. The fraction of sp³-hybridized carbons (Fsp3) is 0.500. The predicted octanol–water partition coefficient (Wildman–Crippen LogP) is 2.70. The third-order valence-electron chi connectivity index (χ3n) is 4.41. The molecule has 2 aromatic rings. The van der Waals surface area contributed by atoms with Crippen LogP contribution in [-0.2, 0) is 6.42 Å². The van der Waals surface area contributed by atoms with Crippen LogP contribution in [0.2, 0.25) is 0 Å². The standard InChI is InChI=1S/C18H24N2O2S/c21-11-10-20-18(22)17-15(12-13-6-2-1-5-9-19-13)14-7-3-4-8-16(14)23-17/h3-4,7-8,13,19,21H,1-2,5-6,9-12H2,(H,20,22)/t13-/m0/s1. The third-order valence-corrected chi connectivity index (χ3v) is 5.63. The molecule has 1 fully saturated rings. The molecule has 3 N–H and O–H groups in total. The van der Waals surface area contributed by atoms with Crippen LogP contribution in [0.1, 0.15) is 40.9 Å². The van der Waals surface area contributed by atoms with Gasteiger partial charge in [0.2, 0.25) is 0 Å². The van der Waals surface area contributed by atoms with Gasteiger partial charge in [-0.15, -0.1) is 11.3 Å². The van der Waals surface area contributed by atoms with Gasteiger partial charge in [0, 0.05) is 17.3 Å². The molecule has 1 aromatic heterocycles. The lowest BCUT2D eigenvalue weighted by Gasteiger charge is -2.16. The second-order valence-corrected chi connectivity index (χ2v) is 7.14. The van der Waals surface area contributed by atoms with Crippen molar-refractivity contribution in [3.05, 3.63) is 34.7 Å². The minimum atomic E-state index is -0.0659. The summed E-state index contributed by atoms with van der Waals surface area (Å²) in [4.78, 5) is 13.3. The molecule has 1 aromatic carbocycles. The Hall–Kier alpha value is -1.43. The van der Waals surface area contributed by atoms with Crippen LogP contribution in [0.5, 0.6) is 0 Å². The molecule has 23 heavy (non-hydrogen) atoms. The zero-order chi connectivity index (χ0) is 16.1. The van der Waals surface area contributed by atoms with Crippen molar-refractivity contribution >= 4 is 27.3 Å². The summed E-state index contributed by atoms with van der Waals surface area (Å²) in [5.74, 6) is -0.0659. The molecule has 1 aliphatic rings. The first-order valence-electron chi connectivity index (χ1n) is 8.42.